The molecule has 0 aliphatic carbocycles. The maximum absolute atomic E-state index is 11.6. The Kier molecular flexibility index (Phi) is 3.09. The van der Waals surface area contributed by atoms with Crippen molar-refractivity contribution < 1.29 is 4.79 Å². The summed E-state index contributed by atoms with van der Waals surface area (Å²) in [4.78, 5) is 13.1. The zero-order chi connectivity index (χ0) is 10.7. The second-order valence-electron chi connectivity index (χ2n) is 3.37. The van der Waals surface area contributed by atoms with Crippen LogP contribution in [0.1, 0.15) is 15.9 Å². The molecule has 3 N–H and O–H groups in total. The van der Waals surface area contributed by atoms with E-state index in [0.717, 1.165) is 11.3 Å². The lowest BCUT2D eigenvalue weighted by molar-refractivity contribution is 0.0827. The standard InChI is InChI=1S/C10H15N3O/c1-7-6-8(10(14)13(2)3)4-5-9(7)12-11/h4-6,12H,11H2,1-3H3. The second-order valence-corrected chi connectivity index (χ2v) is 3.37. The van der Waals surface area contributed by atoms with Crippen LogP contribution in [0, 0.1) is 6.92 Å². The highest BCUT2D eigenvalue weighted by Gasteiger charge is 2.08. The van der Waals surface area contributed by atoms with Gasteiger partial charge >= 0.3 is 0 Å². The first-order valence-electron chi connectivity index (χ1n) is 4.35. The van der Waals surface area contributed by atoms with E-state index in [9.17, 15) is 4.79 Å². The van der Waals surface area contributed by atoms with E-state index in [0.29, 0.717) is 5.56 Å². The van der Waals surface area contributed by atoms with Gasteiger partial charge in [0, 0.05) is 19.7 Å². The number of carbonyl (C=O) groups is 1. The Hall–Kier alpha value is -1.55. The summed E-state index contributed by atoms with van der Waals surface area (Å²) < 4.78 is 0. The lowest BCUT2D eigenvalue weighted by Crippen LogP contribution is -2.21. The van der Waals surface area contributed by atoms with E-state index in [1.807, 2.05) is 13.0 Å². The third-order valence-corrected chi connectivity index (χ3v) is 2.04. The normalized spacial score (nSPS) is 9.71. The minimum atomic E-state index is -0.00308. The van der Waals surface area contributed by atoms with Gasteiger partial charge in [-0.2, -0.15) is 0 Å². The lowest BCUT2D eigenvalue weighted by Gasteiger charge is -2.12. The van der Waals surface area contributed by atoms with Crippen molar-refractivity contribution in [1.82, 2.24) is 4.90 Å². The second kappa shape index (κ2) is 4.11. The summed E-state index contributed by atoms with van der Waals surface area (Å²) >= 11 is 0. The van der Waals surface area contributed by atoms with E-state index >= 15 is 0 Å². The van der Waals surface area contributed by atoms with Crippen LogP contribution in [-0.4, -0.2) is 24.9 Å². The monoisotopic (exact) mass is 193 g/mol. The number of nitrogens with zero attached hydrogens (tertiary/aromatic N) is 1. The van der Waals surface area contributed by atoms with Gasteiger partial charge in [-0.25, -0.2) is 0 Å². The number of carbonyl (C=O) groups excluding carboxylic acids is 1. The largest absolute Gasteiger partial charge is 0.345 e. The van der Waals surface area contributed by atoms with Crippen molar-refractivity contribution >= 4 is 11.6 Å². The molecule has 0 atom stereocenters. The Morgan fingerprint density at radius 2 is 2.07 bits per heavy atom. The van der Waals surface area contributed by atoms with Gasteiger partial charge in [-0.3, -0.25) is 10.6 Å². The molecule has 0 spiro atoms. The fraction of sp³-hybridized carbons (Fsp3) is 0.300. The number of nitrogens with two attached hydrogens (primary N) is 1. The van der Waals surface area contributed by atoms with Crippen LogP contribution in [0.15, 0.2) is 18.2 Å². The molecule has 0 bridgehead atoms. The molecule has 1 rings (SSSR count). The fourth-order valence-electron chi connectivity index (χ4n) is 1.22. The summed E-state index contributed by atoms with van der Waals surface area (Å²) in [5.41, 5.74) is 5.03. The maximum atomic E-state index is 11.6. The van der Waals surface area contributed by atoms with Crippen LogP contribution < -0.4 is 11.3 Å². The SMILES string of the molecule is Cc1cc(C(=O)N(C)C)ccc1NN. The van der Waals surface area contributed by atoms with Gasteiger partial charge < -0.3 is 10.3 Å². The van der Waals surface area contributed by atoms with Crippen LogP contribution in [-0.2, 0) is 0 Å². The van der Waals surface area contributed by atoms with Crippen LogP contribution in [0.2, 0.25) is 0 Å². The zero-order valence-electron chi connectivity index (χ0n) is 8.66. The Bertz CT molecular complexity index is 347. The van der Waals surface area contributed by atoms with E-state index < -0.39 is 0 Å². The Morgan fingerprint density at radius 3 is 2.50 bits per heavy atom. The highest BCUT2D eigenvalue weighted by Crippen LogP contribution is 2.15. The van der Waals surface area contributed by atoms with Crippen molar-refractivity contribution in [1.29, 1.82) is 0 Å². The van der Waals surface area contributed by atoms with Crippen molar-refractivity contribution in [2.75, 3.05) is 19.5 Å². The average Bonchev–Trinajstić information content (AvgIpc) is 2.16. The summed E-state index contributed by atoms with van der Waals surface area (Å²) in [6.07, 6.45) is 0. The van der Waals surface area contributed by atoms with Crippen molar-refractivity contribution in [3.05, 3.63) is 29.3 Å². The number of anilines is 1. The number of nitrogen functional groups attached to an aromatic ring is 1. The number of hydrogen-bond donors (Lipinski definition) is 2. The summed E-state index contributed by atoms with van der Waals surface area (Å²) in [5, 5.41) is 0. The third-order valence-electron chi connectivity index (χ3n) is 2.04. The predicted octanol–water partition coefficient (Wildman–Crippen LogP) is 0.982. The molecule has 0 fully saturated rings. The van der Waals surface area contributed by atoms with Gasteiger partial charge in [0.2, 0.25) is 0 Å². The van der Waals surface area contributed by atoms with E-state index in [1.165, 1.54) is 0 Å². The molecule has 0 radical (unpaired) electrons. The summed E-state index contributed by atoms with van der Waals surface area (Å²) in [5.74, 6) is 5.29. The molecule has 4 heteroatoms. The van der Waals surface area contributed by atoms with E-state index in [1.54, 1.807) is 31.1 Å². The molecular formula is C10H15N3O. The lowest BCUT2D eigenvalue weighted by atomic mass is 10.1. The molecule has 0 aromatic heterocycles. The van der Waals surface area contributed by atoms with Gasteiger partial charge in [-0.15, -0.1) is 0 Å². The Labute approximate surface area is 83.7 Å². The average molecular weight is 193 g/mol. The first-order chi connectivity index (χ1) is 6.56. The molecule has 0 unspecified atom stereocenters. The van der Waals surface area contributed by atoms with E-state index in [2.05, 4.69) is 5.43 Å². The highest BCUT2D eigenvalue weighted by atomic mass is 16.2. The predicted molar refractivity (Wildman–Crippen MR) is 57.0 cm³/mol. The summed E-state index contributed by atoms with van der Waals surface area (Å²) in [6, 6.07) is 5.37. The molecule has 1 aromatic carbocycles. The molecule has 0 saturated heterocycles. The first kappa shape index (κ1) is 10.5. The molecule has 4 nitrogen and oxygen atoms in total. The van der Waals surface area contributed by atoms with Gasteiger partial charge in [0.05, 0.1) is 5.69 Å². The van der Waals surface area contributed by atoms with E-state index in [-0.39, 0.29) is 5.91 Å². The Balaban J connectivity index is 3.03. The number of amides is 1. The fourth-order valence-corrected chi connectivity index (χ4v) is 1.22. The van der Waals surface area contributed by atoms with Crippen LogP contribution >= 0.6 is 0 Å². The minimum absolute atomic E-state index is 0.00308. The molecule has 0 heterocycles. The van der Waals surface area contributed by atoms with Crippen molar-refractivity contribution in [3.63, 3.8) is 0 Å². The van der Waals surface area contributed by atoms with Crippen LogP contribution in [0.3, 0.4) is 0 Å². The van der Waals surface area contributed by atoms with E-state index in [4.69, 9.17) is 5.84 Å². The number of hydrogen-bond acceptors (Lipinski definition) is 3. The van der Waals surface area contributed by atoms with Gasteiger partial charge in [0.25, 0.3) is 5.91 Å². The van der Waals surface area contributed by atoms with Crippen LogP contribution in [0.25, 0.3) is 0 Å². The first-order valence-corrected chi connectivity index (χ1v) is 4.35. The van der Waals surface area contributed by atoms with Crippen LogP contribution in [0.5, 0.6) is 0 Å². The molecule has 0 aliphatic rings. The van der Waals surface area contributed by atoms with Crippen molar-refractivity contribution in [2.24, 2.45) is 5.84 Å². The number of hydrazine groups is 1. The number of rotatable bonds is 2. The summed E-state index contributed by atoms with van der Waals surface area (Å²) in [6.45, 7) is 1.90. The molecule has 1 amide bonds. The number of aryl methyl sites for hydroxylation is 1. The molecule has 1 aromatic rings. The van der Waals surface area contributed by atoms with Crippen molar-refractivity contribution in [2.45, 2.75) is 6.92 Å². The molecular weight excluding hydrogens is 178 g/mol. The number of nitrogens with one attached hydrogen (secondary N) is 1. The van der Waals surface area contributed by atoms with Crippen molar-refractivity contribution in [3.8, 4) is 0 Å². The maximum Gasteiger partial charge on any atom is 0.253 e. The number of benzene rings is 1. The van der Waals surface area contributed by atoms with Crippen LogP contribution in [0.4, 0.5) is 5.69 Å². The third kappa shape index (κ3) is 2.03. The molecule has 76 valence electrons. The molecule has 14 heavy (non-hydrogen) atoms. The minimum Gasteiger partial charge on any atom is -0.345 e. The molecule has 0 saturated carbocycles. The topological polar surface area (TPSA) is 58.4 Å². The smallest absolute Gasteiger partial charge is 0.253 e. The van der Waals surface area contributed by atoms with Gasteiger partial charge in [-0.05, 0) is 30.7 Å². The van der Waals surface area contributed by atoms with Gasteiger partial charge in [0.15, 0.2) is 0 Å². The van der Waals surface area contributed by atoms with Gasteiger partial charge in [0.1, 0.15) is 0 Å². The Morgan fingerprint density at radius 1 is 1.43 bits per heavy atom. The quantitative estimate of drug-likeness (QED) is 0.544. The zero-order valence-corrected chi connectivity index (χ0v) is 8.66. The summed E-state index contributed by atoms with van der Waals surface area (Å²) in [7, 11) is 3.46. The highest BCUT2D eigenvalue weighted by molar-refractivity contribution is 5.94. The molecule has 0 aliphatic heterocycles. The van der Waals surface area contributed by atoms with Gasteiger partial charge in [-0.1, -0.05) is 0 Å².